The van der Waals surface area contributed by atoms with Crippen LogP contribution in [0.4, 0.5) is 0 Å². The van der Waals surface area contributed by atoms with E-state index >= 15 is 0 Å². The molecule has 46 heavy (non-hydrogen) atoms. The van der Waals surface area contributed by atoms with E-state index in [4.69, 9.17) is 14.2 Å². The summed E-state index contributed by atoms with van der Waals surface area (Å²) in [6, 6.07) is 21.0. The molecule has 0 radical (unpaired) electrons. The highest BCUT2D eigenvalue weighted by Crippen LogP contribution is 2.33. The zero-order valence-electron chi connectivity index (χ0n) is 27.7. The van der Waals surface area contributed by atoms with Crippen molar-refractivity contribution in [3.05, 3.63) is 102 Å². The average molecular weight is 629 g/mol. The molecule has 0 aliphatic carbocycles. The lowest BCUT2D eigenvalue weighted by Gasteiger charge is -2.24. The lowest BCUT2D eigenvalue weighted by atomic mass is 9.89. The van der Waals surface area contributed by atoms with Crippen LogP contribution in [0.25, 0.3) is 22.3 Å². The second-order valence-corrected chi connectivity index (χ2v) is 12.2. The molecule has 0 saturated carbocycles. The largest absolute Gasteiger partial charge is 0.493 e. The third-order valence-electron chi connectivity index (χ3n) is 8.02. The first-order valence-electron chi connectivity index (χ1n) is 15.9. The van der Waals surface area contributed by atoms with Gasteiger partial charge in [0, 0.05) is 23.0 Å². The van der Waals surface area contributed by atoms with Crippen LogP contribution < -0.4 is 4.74 Å². The van der Waals surface area contributed by atoms with Crippen LogP contribution in [0, 0.1) is 5.41 Å². The molecular weight excluding hydrogens is 580 g/mol. The molecule has 0 fully saturated rings. The monoisotopic (exact) mass is 628 g/mol. The van der Waals surface area contributed by atoms with Gasteiger partial charge in [0.25, 0.3) is 0 Å². The van der Waals surface area contributed by atoms with Gasteiger partial charge in [0.1, 0.15) is 5.75 Å². The number of aliphatic hydroxyl groups is 2. The molecule has 3 aromatic rings. The highest BCUT2D eigenvalue weighted by molar-refractivity contribution is 5.87. The third kappa shape index (κ3) is 10.4. The second-order valence-electron chi connectivity index (χ2n) is 12.2. The van der Waals surface area contributed by atoms with Gasteiger partial charge in [0.15, 0.2) is 0 Å². The SMILES string of the molecule is C=C(C)C(=O)OCCCc1ccc(-c2ccc(-c3ccc(OCCC(C)(CO)CO)c(CCOC(=O)C(=C)C)c3)c(CC)c2)cc1. The van der Waals surface area contributed by atoms with E-state index in [9.17, 15) is 19.8 Å². The molecule has 0 atom stereocenters. The van der Waals surface area contributed by atoms with Crippen molar-refractivity contribution >= 4 is 11.9 Å². The average Bonchev–Trinajstić information content (AvgIpc) is 3.06. The first kappa shape index (κ1) is 36.3. The Balaban J connectivity index is 1.78. The van der Waals surface area contributed by atoms with Crippen molar-refractivity contribution < 1.29 is 34.0 Å². The van der Waals surface area contributed by atoms with Gasteiger partial charge in [-0.15, -0.1) is 0 Å². The first-order chi connectivity index (χ1) is 22.0. The summed E-state index contributed by atoms with van der Waals surface area (Å²) in [5.74, 6) is -0.103. The Kier molecular flexibility index (Phi) is 13.8. The van der Waals surface area contributed by atoms with Gasteiger partial charge < -0.3 is 24.4 Å². The summed E-state index contributed by atoms with van der Waals surface area (Å²) in [6.07, 6.45) is 3.36. The van der Waals surface area contributed by atoms with E-state index in [2.05, 4.69) is 68.6 Å². The van der Waals surface area contributed by atoms with Gasteiger partial charge in [-0.05, 0) is 90.6 Å². The van der Waals surface area contributed by atoms with Crippen molar-refractivity contribution in [3.63, 3.8) is 0 Å². The molecule has 0 bridgehead atoms. The minimum absolute atomic E-state index is 0.135. The predicted octanol–water partition coefficient (Wildman–Crippen LogP) is 7.06. The molecule has 0 aromatic heterocycles. The number of hydrogen-bond donors (Lipinski definition) is 2. The quantitative estimate of drug-likeness (QED) is 0.0884. The zero-order chi connectivity index (χ0) is 33.7. The summed E-state index contributed by atoms with van der Waals surface area (Å²) in [6.45, 7) is 15.1. The summed E-state index contributed by atoms with van der Waals surface area (Å²) in [5, 5.41) is 19.3. The third-order valence-corrected chi connectivity index (χ3v) is 8.02. The van der Waals surface area contributed by atoms with Crippen LogP contribution in [0.3, 0.4) is 0 Å². The number of ether oxygens (including phenoxy) is 3. The van der Waals surface area contributed by atoms with Gasteiger partial charge in [-0.25, -0.2) is 9.59 Å². The van der Waals surface area contributed by atoms with Gasteiger partial charge in [-0.2, -0.15) is 0 Å². The normalized spacial score (nSPS) is 11.2. The Morgan fingerprint density at radius 2 is 1.33 bits per heavy atom. The fourth-order valence-corrected chi connectivity index (χ4v) is 4.85. The van der Waals surface area contributed by atoms with Gasteiger partial charge in [0.2, 0.25) is 0 Å². The summed E-state index contributed by atoms with van der Waals surface area (Å²) in [7, 11) is 0. The van der Waals surface area contributed by atoms with E-state index < -0.39 is 11.4 Å². The fourth-order valence-electron chi connectivity index (χ4n) is 4.85. The summed E-state index contributed by atoms with van der Waals surface area (Å²) < 4.78 is 16.7. The van der Waals surface area contributed by atoms with Crippen LogP contribution in [0.1, 0.15) is 57.2 Å². The molecule has 7 heteroatoms. The fraction of sp³-hybridized carbons (Fsp3) is 0.385. The molecule has 0 amide bonds. The highest BCUT2D eigenvalue weighted by atomic mass is 16.5. The molecular formula is C39H48O7. The van der Waals surface area contributed by atoms with Crippen LogP contribution in [-0.2, 0) is 38.3 Å². The van der Waals surface area contributed by atoms with Gasteiger partial charge in [-0.1, -0.05) is 75.5 Å². The molecule has 0 unspecified atom stereocenters. The molecule has 3 rings (SSSR count). The number of hydrogen-bond acceptors (Lipinski definition) is 7. The molecule has 0 heterocycles. The van der Waals surface area contributed by atoms with Crippen LogP contribution in [-0.4, -0.2) is 55.2 Å². The maximum atomic E-state index is 12.0. The second kappa shape index (κ2) is 17.5. The summed E-state index contributed by atoms with van der Waals surface area (Å²) in [5.41, 5.74) is 7.83. The number of carbonyl (C=O) groups excluding carboxylic acids is 2. The van der Waals surface area contributed by atoms with E-state index in [1.807, 2.05) is 19.1 Å². The number of esters is 2. The molecule has 7 nitrogen and oxygen atoms in total. The maximum absolute atomic E-state index is 12.0. The van der Waals surface area contributed by atoms with Crippen LogP contribution >= 0.6 is 0 Å². The molecule has 0 aliphatic heterocycles. The van der Waals surface area contributed by atoms with Crippen molar-refractivity contribution in [2.24, 2.45) is 5.41 Å². The van der Waals surface area contributed by atoms with Crippen LogP contribution in [0.15, 0.2) is 85.0 Å². The van der Waals surface area contributed by atoms with Crippen LogP contribution in [0.5, 0.6) is 5.75 Å². The molecule has 0 spiro atoms. The first-order valence-corrected chi connectivity index (χ1v) is 15.9. The number of rotatable bonds is 18. The van der Waals surface area contributed by atoms with Crippen LogP contribution in [0.2, 0.25) is 0 Å². The Morgan fingerprint density at radius 3 is 1.93 bits per heavy atom. The Hall–Kier alpha value is -4.20. The number of aliphatic hydroxyl groups excluding tert-OH is 2. The molecule has 246 valence electrons. The Bertz CT molecular complexity index is 1500. The minimum atomic E-state index is -0.629. The molecule has 0 aliphatic rings. The van der Waals surface area contributed by atoms with Gasteiger partial charge in [0.05, 0.1) is 33.0 Å². The Labute approximate surface area is 273 Å². The van der Waals surface area contributed by atoms with Crippen molar-refractivity contribution in [1.29, 1.82) is 0 Å². The minimum Gasteiger partial charge on any atom is -0.493 e. The van der Waals surface area contributed by atoms with Crippen molar-refractivity contribution in [1.82, 2.24) is 0 Å². The molecule has 0 saturated heterocycles. The van der Waals surface area contributed by atoms with E-state index in [0.717, 1.165) is 47.1 Å². The van der Waals surface area contributed by atoms with E-state index in [1.165, 1.54) is 11.1 Å². The number of benzene rings is 3. The van der Waals surface area contributed by atoms with Gasteiger partial charge >= 0.3 is 11.9 Å². The lowest BCUT2D eigenvalue weighted by Crippen LogP contribution is -2.28. The van der Waals surface area contributed by atoms with Crippen molar-refractivity contribution in [3.8, 4) is 28.0 Å². The predicted molar refractivity (Wildman–Crippen MR) is 183 cm³/mol. The molecule has 2 N–H and O–H groups in total. The van der Waals surface area contributed by atoms with E-state index in [-0.39, 0.29) is 25.8 Å². The summed E-state index contributed by atoms with van der Waals surface area (Å²) in [4.78, 5) is 23.6. The topological polar surface area (TPSA) is 102 Å². The lowest BCUT2D eigenvalue weighted by molar-refractivity contribution is -0.139. The smallest absolute Gasteiger partial charge is 0.333 e. The highest BCUT2D eigenvalue weighted by Gasteiger charge is 2.22. The summed E-state index contributed by atoms with van der Waals surface area (Å²) >= 11 is 0. The van der Waals surface area contributed by atoms with Crippen molar-refractivity contribution in [2.45, 2.75) is 59.8 Å². The molecule has 3 aromatic carbocycles. The van der Waals surface area contributed by atoms with E-state index in [0.29, 0.717) is 43.0 Å². The Morgan fingerprint density at radius 1 is 0.739 bits per heavy atom. The van der Waals surface area contributed by atoms with Gasteiger partial charge in [-0.3, -0.25) is 0 Å². The number of aryl methyl sites for hydroxylation is 2. The number of carbonyl (C=O) groups is 2. The van der Waals surface area contributed by atoms with E-state index in [1.54, 1.807) is 13.8 Å². The zero-order valence-corrected chi connectivity index (χ0v) is 27.7. The maximum Gasteiger partial charge on any atom is 0.333 e. The van der Waals surface area contributed by atoms with Crippen molar-refractivity contribution in [2.75, 3.05) is 33.0 Å². The standard InChI is InChI=1S/C39H48O7/c1-7-30-23-32(31-12-10-29(11-13-31)9-8-20-45-37(42)27(2)3)14-16-35(30)33-15-17-36(44-22-19-39(6,25-40)26-41)34(24-33)18-21-46-38(43)28(4)5/h10-17,23-24,40-41H,2,4,7-9,18-22,25-26H2,1,3,5-6H3.